The Hall–Kier alpha value is -2.95. The highest BCUT2D eigenvalue weighted by Crippen LogP contribution is 2.45. The fourth-order valence-electron chi connectivity index (χ4n) is 3.68. The second-order valence-corrected chi connectivity index (χ2v) is 8.64. The minimum absolute atomic E-state index is 0.116. The second-order valence-electron chi connectivity index (χ2n) is 7.23. The maximum absolute atomic E-state index is 6.60. The monoisotopic (exact) mass is 433 g/mol. The fraction of sp³-hybridized carbons (Fsp3) is 0.120. The summed E-state index contributed by atoms with van der Waals surface area (Å²) < 4.78 is 12.5. The average molecular weight is 434 g/mol. The predicted octanol–water partition coefficient (Wildman–Crippen LogP) is 7.62. The molecule has 150 valence electrons. The van der Waals surface area contributed by atoms with E-state index in [2.05, 4.69) is 59.7 Å². The number of benzene rings is 2. The lowest BCUT2D eigenvalue weighted by Gasteiger charge is -2.41. The first-order valence-corrected chi connectivity index (χ1v) is 11.0. The van der Waals surface area contributed by atoms with Crippen LogP contribution in [0.2, 0.25) is 5.02 Å². The highest BCUT2D eigenvalue weighted by Gasteiger charge is 2.36. The quantitative estimate of drug-likeness (QED) is 0.331. The normalized spacial score (nSPS) is 18.7. The number of hydrogen-bond donors (Lipinski definition) is 0. The van der Waals surface area contributed by atoms with Crippen molar-refractivity contribution in [2.24, 2.45) is 0 Å². The minimum atomic E-state index is -0.279. The molecule has 0 spiro atoms. The number of aryl methyl sites for hydroxylation is 1. The molecule has 0 N–H and O–H groups in total. The zero-order valence-corrected chi connectivity index (χ0v) is 17.9. The number of furan rings is 1. The van der Waals surface area contributed by atoms with Crippen molar-refractivity contribution in [3.05, 3.63) is 117 Å². The number of halogens is 1. The van der Waals surface area contributed by atoms with E-state index in [4.69, 9.17) is 20.8 Å². The van der Waals surface area contributed by atoms with Crippen LogP contribution in [0.15, 0.2) is 94.9 Å². The van der Waals surface area contributed by atoms with Crippen LogP contribution >= 0.6 is 22.9 Å². The summed E-state index contributed by atoms with van der Waals surface area (Å²) in [4.78, 5) is 3.40. The molecular formula is C25H20ClNO2S. The molecule has 0 amide bonds. The topological polar surface area (TPSA) is 25.6 Å². The molecule has 30 heavy (non-hydrogen) atoms. The van der Waals surface area contributed by atoms with Gasteiger partial charge in [0.2, 0.25) is 6.23 Å². The molecule has 2 aromatic carbocycles. The highest BCUT2D eigenvalue weighted by molar-refractivity contribution is 7.10. The summed E-state index contributed by atoms with van der Waals surface area (Å²) >= 11 is 7.79. The smallest absolute Gasteiger partial charge is 0.208 e. The largest absolute Gasteiger partial charge is 0.467 e. The second kappa shape index (κ2) is 8.05. The van der Waals surface area contributed by atoms with Crippen LogP contribution < -0.4 is 4.90 Å². The van der Waals surface area contributed by atoms with Crippen LogP contribution in [0.3, 0.4) is 0 Å². The third-order valence-corrected chi connectivity index (χ3v) is 6.34. The van der Waals surface area contributed by atoms with Gasteiger partial charge < -0.3 is 14.1 Å². The number of rotatable bonds is 4. The summed E-state index contributed by atoms with van der Waals surface area (Å²) in [7, 11) is 0. The van der Waals surface area contributed by atoms with Crippen molar-refractivity contribution in [1.29, 1.82) is 0 Å². The van der Waals surface area contributed by atoms with E-state index in [1.54, 1.807) is 17.6 Å². The molecule has 2 aromatic heterocycles. The van der Waals surface area contributed by atoms with Crippen LogP contribution in [-0.2, 0) is 4.74 Å². The molecular weight excluding hydrogens is 414 g/mol. The van der Waals surface area contributed by atoms with Gasteiger partial charge in [-0.3, -0.25) is 0 Å². The predicted molar refractivity (Wildman–Crippen MR) is 123 cm³/mol. The molecule has 0 radical (unpaired) electrons. The van der Waals surface area contributed by atoms with Gasteiger partial charge in [0, 0.05) is 16.3 Å². The maximum Gasteiger partial charge on any atom is 0.208 e. The molecule has 0 saturated carbocycles. The first kappa shape index (κ1) is 19.0. The van der Waals surface area contributed by atoms with Gasteiger partial charge in [0.15, 0.2) is 0 Å². The third-order valence-electron chi connectivity index (χ3n) is 5.18. The zero-order chi connectivity index (χ0) is 20.5. The average Bonchev–Trinajstić information content (AvgIpc) is 3.49. The van der Waals surface area contributed by atoms with Crippen LogP contribution in [0.4, 0.5) is 5.69 Å². The Morgan fingerprint density at radius 2 is 1.73 bits per heavy atom. The lowest BCUT2D eigenvalue weighted by molar-refractivity contribution is 0.143. The summed E-state index contributed by atoms with van der Waals surface area (Å²) in [6.45, 7) is 2.09. The summed E-state index contributed by atoms with van der Waals surface area (Å²) in [6, 6.07) is 24.2. The number of hydrogen-bond acceptors (Lipinski definition) is 4. The minimum Gasteiger partial charge on any atom is -0.467 e. The molecule has 4 aromatic rings. The zero-order valence-electron chi connectivity index (χ0n) is 16.4. The first-order chi connectivity index (χ1) is 14.7. The molecule has 0 aliphatic carbocycles. The van der Waals surface area contributed by atoms with Crippen LogP contribution in [-0.4, -0.2) is 0 Å². The summed E-state index contributed by atoms with van der Waals surface area (Å²) in [5.74, 6) is 1.68. The van der Waals surface area contributed by atoms with Crippen molar-refractivity contribution >= 4 is 34.4 Å². The van der Waals surface area contributed by atoms with E-state index < -0.39 is 0 Å². The van der Waals surface area contributed by atoms with Gasteiger partial charge in [-0.1, -0.05) is 35.4 Å². The van der Waals surface area contributed by atoms with Crippen LogP contribution in [0, 0.1) is 6.92 Å². The molecule has 3 nitrogen and oxygen atoms in total. The molecule has 5 heteroatoms. The van der Waals surface area contributed by atoms with Crippen molar-refractivity contribution in [2.45, 2.75) is 19.2 Å². The van der Waals surface area contributed by atoms with Crippen molar-refractivity contribution < 1.29 is 9.15 Å². The van der Waals surface area contributed by atoms with E-state index in [1.807, 2.05) is 36.4 Å². The SMILES string of the molecule is Cc1ccc(N2C(c3ccco3)C=C(c3ccc(Cl)cc3)OC2c2cccs2)cc1. The number of anilines is 1. The van der Waals surface area contributed by atoms with Gasteiger partial charge in [0.25, 0.3) is 0 Å². The summed E-state index contributed by atoms with van der Waals surface area (Å²) in [5.41, 5.74) is 3.28. The molecule has 2 atom stereocenters. The van der Waals surface area contributed by atoms with Crippen LogP contribution in [0.1, 0.15) is 34.0 Å². The van der Waals surface area contributed by atoms with Gasteiger partial charge in [0.1, 0.15) is 17.6 Å². The standard InChI is InChI=1S/C25H20ClNO2S/c1-17-6-12-20(13-7-17)27-21(22-4-2-14-28-22)16-23(18-8-10-19(26)11-9-18)29-25(27)24-5-3-15-30-24/h2-16,21,25H,1H3. The highest BCUT2D eigenvalue weighted by atomic mass is 35.5. The van der Waals surface area contributed by atoms with Gasteiger partial charge in [-0.15, -0.1) is 11.3 Å². The Labute approximate surface area is 184 Å². The maximum atomic E-state index is 6.60. The van der Waals surface area contributed by atoms with Gasteiger partial charge in [-0.2, -0.15) is 0 Å². The van der Waals surface area contributed by atoms with Crippen molar-refractivity contribution in [1.82, 2.24) is 0 Å². The molecule has 2 unspecified atom stereocenters. The van der Waals surface area contributed by atoms with E-state index >= 15 is 0 Å². The first-order valence-electron chi connectivity index (χ1n) is 9.75. The number of nitrogens with zero attached hydrogens (tertiary/aromatic N) is 1. The molecule has 0 bridgehead atoms. The lowest BCUT2D eigenvalue weighted by Crippen LogP contribution is -2.36. The Balaban J connectivity index is 1.67. The molecule has 5 rings (SSSR count). The number of thiophene rings is 1. The van der Waals surface area contributed by atoms with Gasteiger partial charge >= 0.3 is 0 Å². The Kier molecular flexibility index (Phi) is 5.11. The Morgan fingerprint density at radius 1 is 0.933 bits per heavy atom. The third kappa shape index (κ3) is 3.64. The molecule has 1 aliphatic heterocycles. The Bertz CT molecular complexity index is 1130. The van der Waals surface area contributed by atoms with Crippen molar-refractivity contribution in [3.8, 4) is 0 Å². The van der Waals surface area contributed by atoms with Gasteiger partial charge in [-0.05, 0) is 73.0 Å². The number of ether oxygens (including phenoxy) is 1. The van der Waals surface area contributed by atoms with Gasteiger partial charge in [0.05, 0.1) is 11.1 Å². The van der Waals surface area contributed by atoms with E-state index in [1.165, 1.54) is 5.56 Å². The molecule has 1 aliphatic rings. The van der Waals surface area contributed by atoms with Crippen molar-refractivity contribution in [3.63, 3.8) is 0 Å². The van der Waals surface area contributed by atoms with Gasteiger partial charge in [-0.25, -0.2) is 0 Å². The van der Waals surface area contributed by atoms with E-state index in [0.717, 1.165) is 27.6 Å². The van der Waals surface area contributed by atoms with Crippen LogP contribution in [0.25, 0.3) is 5.76 Å². The van der Waals surface area contributed by atoms with Crippen molar-refractivity contribution in [2.75, 3.05) is 4.90 Å². The molecule has 3 heterocycles. The van der Waals surface area contributed by atoms with Crippen LogP contribution in [0.5, 0.6) is 0 Å². The van der Waals surface area contributed by atoms with E-state index in [9.17, 15) is 0 Å². The summed E-state index contributed by atoms with van der Waals surface area (Å²) in [5, 5.41) is 2.78. The molecule has 0 saturated heterocycles. The fourth-order valence-corrected chi connectivity index (χ4v) is 4.56. The molecule has 0 fully saturated rings. The lowest BCUT2D eigenvalue weighted by atomic mass is 10.0. The summed E-state index contributed by atoms with van der Waals surface area (Å²) in [6.07, 6.45) is 3.55. The Morgan fingerprint density at radius 3 is 2.40 bits per heavy atom. The van der Waals surface area contributed by atoms with E-state index in [0.29, 0.717) is 5.02 Å². The van der Waals surface area contributed by atoms with E-state index in [-0.39, 0.29) is 12.3 Å².